The third-order valence-corrected chi connectivity index (χ3v) is 4.68. The van der Waals surface area contributed by atoms with Crippen LogP contribution in [0.5, 0.6) is 0 Å². The van der Waals surface area contributed by atoms with Gasteiger partial charge < -0.3 is 0 Å². The van der Waals surface area contributed by atoms with Gasteiger partial charge in [0, 0.05) is 11.5 Å². The average Bonchev–Trinajstić information content (AvgIpc) is 2.31. The van der Waals surface area contributed by atoms with Crippen molar-refractivity contribution in [3.05, 3.63) is 34.6 Å². The minimum absolute atomic E-state index is 0.0230. The molecule has 104 valence electrons. The summed E-state index contributed by atoms with van der Waals surface area (Å²) >= 11 is 5.67. The van der Waals surface area contributed by atoms with Gasteiger partial charge in [-0.3, -0.25) is 4.79 Å². The van der Waals surface area contributed by atoms with E-state index in [1.165, 1.54) is 12.1 Å². The Morgan fingerprint density at radius 2 is 2.11 bits per heavy atom. The summed E-state index contributed by atoms with van der Waals surface area (Å²) < 4.78 is 13.5. The maximum atomic E-state index is 13.5. The second-order valence-electron chi connectivity index (χ2n) is 6.33. The van der Waals surface area contributed by atoms with Gasteiger partial charge in [-0.15, -0.1) is 0 Å². The Kier molecular flexibility index (Phi) is 4.00. The summed E-state index contributed by atoms with van der Waals surface area (Å²) in [6.07, 6.45) is 3.27. The first kappa shape index (κ1) is 14.5. The van der Waals surface area contributed by atoms with Crippen LogP contribution in [0.2, 0.25) is 5.02 Å². The second-order valence-corrected chi connectivity index (χ2v) is 6.74. The van der Waals surface area contributed by atoms with Crippen LogP contribution in [0.3, 0.4) is 0 Å². The van der Waals surface area contributed by atoms with E-state index in [1.807, 2.05) is 0 Å². The molecule has 1 nitrogen and oxygen atoms in total. The Morgan fingerprint density at radius 1 is 1.42 bits per heavy atom. The number of rotatable bonds is 2. The Balaban J connectivity index is 2.33. The first-order chi connectivity index (χ1) is 8.83. The fourth-order valence-corrected chi connectivity index (χ4v) is 3.53. The van der Waals surface area contributed by atoms with Gasteiger partial charge in [0.2, 0.25) is 0 Å². The summed E-state index contributed by atoms with van der Waals surface area (Å²) in [5.41, 5.74) is 0.416. The number of hydrogen-bond donors (Lipinski definition) is 0. The molecule has 1 saturated carbocycles. The van der Waals surface area contributed by atoms with E-state index in [2.05, 4.69) is 20.8 Å². The molecule has 1 aromatic carbocycles. The highest BCUT2D eigenvalue weighted by Crippen LogP contribution is 2.45. The molecule has 1 aliphatic carbocycles. The molecule has 1 fully saturated rings. The minimum atomic E-state index is -0.520. The molecule has 2 rings (SSSR count). The highest BCUT2D eigenvalue weighted by Gasteiger charge is 2.41. The zero-order valence-electron chi connectivity index (χ0n) is 11.7. The number of halogens is 2. The maximum Gasteiger partial charge on any atom is 0.166 e. The van der Waals surface area contributed by atoms with Crippen molar-refractivity contribution in [2.75, 3.05) is 0 Å². The maximum absolute atomic E-state index is 13.5. The van der Waals surface area contributed by atoms with Gasteiger partial charge in [-0.05, 0) is 42.4 Å². The number of hydrogen-bond acceptors (Lipinski definition) is 1. The predicted molar refractivity (Wildman–Crippen MR) is 76.0 cm³/mol. The molecule has 0 aromatic heterocycles. The van der Waals surface area contributed by atoms with E-state index in [1.54, 1.807) is 6.07 Å². The molecular weight excluding hydrogens is 263 g/mol. The lowest BCUT2D eigenvalue weighted by molar-refractivity contribution is 0.0539. The third-order valence-electron chi connectivity index (χ3n) is 4.38. The number of ketones is 1. The molecule has 19 heavy (non-hydrogen) atoms. The van der Waals surface area contributed by atoms with E-state index in [0.29, 0.717) is 11.5 Å². The van der Waals surface area contributed by atoms with Crippen LogP contribution in [0.25, 0.3) is 0 Å². The molecule has 3 heteroatoms. The van der Waals surface area contributed by atoms with Crippen LogP contribution in [0.15, 0.2) is 18.2 Å². The van der Waals surface area contributed by atoms with E-state index in [4.69, 9.17) is 11.6 Å². The molecule has 1 aliphatic rings. The van der Waals surface area contributed by atoms with E-state index < -0.39 is 5.82 Å². The van der Waals surface area contributed by atoms with Gasteiger partial charge in [0.05, 0.1) is 5.02 Å². The summed E-state index contributed by atoms with van der Waals surface area (Å²) in [5.74, 6) is -0.168. The van der Waals surface area contributed by atoms with E-state index in [-0.39, 0.29) is 22.1 Å². The minimum Gasteiger partial charge on any atom is -0.294 e. The summed E-state index contributed by atoms with van der Waals surface area (Å²) in [4.78, 5) is 12.7. The molecular formula is C16H20ClFO. The molecule has 0 bridgehead atoms. The summed E-state index contributed by atoms with van der Waals surface area (Å²) in [6.45, 7) is 6.39. The fraction of sp³-hybridized carbons (Fsp3) is 0.562. The Bertz CT molecular complexity index is 496. The highest BCUT2D eigenvalue weighted by atomic mass is 35.5. The van der Waals surface area contributed by atoms with Crippen molar-refractivity contribution in [1.82, 2.24) is 0 Å². The quantitative estimate of drug-likeness (QED) is 0.688. The van der Waals surface area contributed by atoms with E-state index in [0.717, 1.165) is 19.3 Å². The first-order valence-electron chi connectivity index (χ1n) is 6.82. The summed E-state index contributed by atoms with van der Waals surface area (Å²) in [5, 5.41) is 0.0625. The van der Waals surface area contributed by atoms with Crippen molar-refractivity contribution < 1.29 is 9.18 Å². The molecule has 0 heterocycles. The molecule has 0 amide bonds. The van der Waals surface area contributed by atoms with Gasteiger partial charge in [0.1, 0.15) is 5.82 Å². The molecule has 2 atom stereocenters. The van der Waals surface area contributed by atoms with Crippen LogP contribution < -0.4 is 0 Å². The van der Waals surface area contributed by atoms with Crippen molar-refractivity contribution in [3.8, 4) is 0 Å². The van der Waals surface area contributed by atoms with Crippen LogP contribution in [-0.4, -0.2) is 5.78 Å². The lowest BCUT2D eigenvalue weighted by atomic mass is 9.62. The van der Waals surface area contributed by atoms with Crippen LogP contribution in [0.4, 0.5) is 4.39 Å². The SMILES string of the molecule is C[C@H]1CCCC(C)(C)[C@@H]1C(=O)c1ccc(Cl)c(F)c1. The normalized spacial score (nSPS) is 26.2. The average molecular weight is 283 g/mol. The van der Waals surface area contributed by atoms with Gasteiger partial charge in [-0.25, -0.2) is 4.39 Å². The molecule has 0 aliphatic heterocycles. The van der Waals surface area contributed by atoms with Crippen LogP contribution in [0.1, 0.15) is 50.4 Å². The van der Waals surface area contributed by atoms with Crippen molar-refractivity contribution in [2.45, 2.75) is 40.0 Å². The Labute approximate surface area is 119 Å². The summed E-state index contributed by atoms with van der Waals surface area (Å²) in [7, 11) is 0. The Hall–Kier alpha value is -0.890. The van der Waals surface area contributed by atoms with Crippen molar-refractivity contribution in [2.24, 2.45) is 17.3 Å². The zero-order chi connectivity index (χ0) is 14.2. The van der Waals surface area contributed by atoms with Gasteiger partial charge in [0.15, 0.2) is 5.78 Å². The lowest BCUT2D eigenvalue weighted by Crippen LogP contribution is -2.39. The third kappa shape index (κ3) is 2.84. The van der Waals surface area contributed by atoms with E-state index in [9.17, 15) is 9.18 Å². The van der Waals surface area contributed by atoms with Crippen LogP contribution in [0, 0.1) is 23.1 Å². The molecule has 0 radical (unpaired) electrons. The molecule has 1 aromatic rings. The second kappa shape index (κ2) is 5.24. The number of benzene rings is 1. The topological polar surface area (TPSA) is 17.1 Å². The van der Waals surface area contributed by atoms with Gasteiger partial charge in [-0.1, -0.05) is 38.8 Å². The van der Waals surface area contributed by atoms with Gasteiger partial charge in [-0.2, -0.15) is 0 Å². The standard InChI is InChI=1S/C16H20ClFO/c1-10-5-4-8-16(2,3)14(10)15(19)11-6-7-12(17)13(18)9-11/h6-7,9-10,14H,4-5,8H2,1-3H3/t10-,14-/m0/s1. The van der Waals surface area contributed by atoms with Gasteiger partial charge in [0.25, 0.3) is 0 Å². The molecule has 0 saturated heterocycles. The van der Waals surface area contributed by atoms with Crippen LogP contribution >= 0.6 is 11.6 Å². The fourth-order valence-electron chi connectivity index (χ4n) is 3.41. The monoisotopic (exact) mass is 282 g/mol. The van der Waals surface area contributed by atoms with Gasteiger partial charge >= 0.3 is 0 Å². The van der Waals surface area contributed by atoms with Crippen molar-refractivity contribution in [1.29, 1.82) is 0 Å². The molecule has 0 N–H and O–H groups in total. The smallest absolute Gasteiger partial charge is 0.166 e. The predicted octanol–water partition coefficient (Wildman–Crippen LogP) is 5.12. The largest absolute Gasteiger partial charge is 0.294 e. The first-order valence-corrected chi connectivity index (χ1v) is 7.20. The highest BCUT2D eigenvalue weighted by molar-refractivity contribution is 6.30. The number of Topliss-reactive ketones (excluding diaryl/α,β-unsaturated/α-hetero) is 1. The van der Waals surface area contributed by atoms with Crippen molar-refractivity contribution in [3.63, 3.8) is 0 Å². The lowest BCUT2D eigenvalue weighted by Gasteiger charge is -2.42. The Morgan fingerprint density at radius 3 is 2.68 bits per heavy atom. The molecule has 0 unspecified atom stereocenters. The number of carbonyl (C=O) groups excluding carboxylic acids is 1. The summed E-state index contributed by atoms with van der Waals surface area (Å²) in [6, 6.07) is 4.36. The number of carbonyl (C=O) groups is 1. The van der Waals surface area contributed by atoms with Crippen molar-refractivity contribution >= 4 is 17.4 Å². The molecule has 0 spiro atoms. The van der Waals surface area contributed by atoms with E-state index >= 15 is 0 Å². The zero-order valence-corrected chi connectivity index (χ0v) is 12.4. The van der Waals surface area contributed by atoms with Crippen LogP contribution in [-0.2, 0) is 0 Å².